The molecule has 0 radical (unpaired) electrons. The molecule has 5 nitrogen and oxygen atoms in total. The van der Waals surface area contributed by atoms with Crippen molar-refractivity contribution in [3.05, 3.63) is 53.1 Å². The van der Waals surface area contributed by atoms with E-state index in [0.29, 0.717) is 18.9 Å². The molecular weight excluding hydrogens is 342 g/mol. The fraction of sp³-hybridized carbons (Fsp3) is 0.364. The standard InChI is InChI=1S/C22H25NO4/c1-4-26-20(24)12-22(13-21(25)27-5-2)18-10-14(3)6-8-16(18)17-9-7-15(23)11-19(17)22/h6-11H,4-5,12-13,23H2,1-3H3. The van der Waals surface area contributed by atoms with E-state index in [4.69, 9.17) is 15.2 Å². The van der Waals surface area contributed by atoms with Crippen LogP contribution in [0, 0.1) is 6.92 Å². The molecule has 1 aliphatic rings. The van der Waals surface area contributed by atoms with Crippen molar-refractivity contribution in [2.24, 2.45) is 0 Å². The summed E-state index contributed by atoms with van der Waals surface area (Å²) in [4.78, 5) is 25.1. The van der Waals surface area contributed by atoms with Crippen LogP contribution in [0.1, 0.15) is 43.4 Å². The predicted octanol–water partition coefficient (Wildman–Crippen LogP) is 3.75. The van der Waals surface area contributed by atoms with E-state index in [1.807, 2.05) is 43.3 Å². The Morgan fingerprint density at radius 1 is 0.889 bits per heavy atom. The summed E-state index contributed by atoms with van der Waals surface area (Å²) in [5.74, 6) is -0.686. The number of carbonyl (C=O) groups is 2. The van der Waals surface area contributed by atoms with Gasteiger partial charge in [0.2, 0.25) is 0 Å². The van der Waals surface area contributed by atoms with Gasteiger partial charge in [-0.05, 0) is 55.2 Å². The Labute approximate surface area is 159 Å². The summed E-state index contributed by atoms with van der Waals surface area (Å²) in [7, 11) is 0. The lowest BCUT2D eigenvalue weighted by Crippen LogP contribution is -2.33. The van der Waals surface area contributed by atoms with Gasteiger partial charge in [-0.25, -0.2) is 0 Å². The molecule has 0 saturated heterocycles. The third kappa shape index (κ3) is 3.42. The van der Waals surface area contributed by atoms with Gasteiger partial charge < -0.3 is 15.2 Å². The first-order valence-corrected chi connectivity index (χ1v) is 9.24. The molecule has 5 heteroatoms. The number of anilines is 1. The maximum atomic E-state index is 12.5. The lowest BCUT2D eigenvalue weighted by atomic mass is 9.72. The van der Waals surface area contributed by atoms with Gasteiger partial charge in [-0.1, -0.05) is 29.8 Å². The van der Waals surface area contributed by atoms with E-state index < -0.39 is 5.41 Å². The molecule has 0 fully saturated rings. The van der Waals surface area contributed by atoms with Gasteiger partial charge in [0.15, 0.2) is 0 Å². The number of hydrogen-bond donors (Lipinski definition) is 1. The van der Waals surface area contributed by atoms with E-state index in [1.165, 1.54) is 0 Å². The number of rotatable bonds is 6. The summed E-state index contributed by atoms with van der Waals surface area (Å²) < 4.78 is 10.5. The number of nitrogens with two attached hydrogens (primary N) is 1. The molecule has 0 atom stereocenters. The first kappa shape index (κ1) is 19.0. The number of ether oxygens (including phenoxy) is 2. The first-order valence-electron chi connectivity index (χ1n) is 9.24. The third-order valence-corrected chi connectivity index (χ3v) is 5.04. The predicted molar refractivity (Wildman–Crippen MR) is 104 cm³/mol. The average molecular weight is 367 g/mol. The van der Waals surface area contributed by atoms with Crippen molar-refractivity contribution in [1.29, 1.82) is 0 Å². The summed E-state index contributed by atoms with van der Waals surface area (Å²) in [6.07, 6.45) is 0.124. The van der Waals surface area contributed by atoms with E-state index in [1.54, 1.807) is 13.8 Å². The van der Waals surface area contributed by atoms with Gasteiger partial charge in [-0.3, -0.25) is 9.59 Å². The summed E-state index contributed by atoms with van der Waals surface area (Å²) in [5.41, 5.74) is 10.7. The molecule has 0 unspecified atom stereocenters. The van der Waals surface area contributed by atoms with Crippen molar-refractivity contribution in [2.45, 2.75) is 39.0 Å². The van der Waals surface area contributed by atoms with Crippen LogP contribution >= 0.6 is 0 Å². The Kier molecular flexibility index (Phi) is 5.22. The molecule has 2 aromatic carbocycles. The summed E-state index contributed by atoms with van der Waals surface area (Å²) >= 11 is 0. The van der Waals surface area contributed by atoms with Gasteiger partial charge in [0.1, 0.15) is 0 Å². The summed E-state index contributed by atoms with van der Waals surface area (Å²) in [5, 5.41) is 0. The monoisotopic (exact) mass is 367 g/mol. The van der Waals surface area contributed by atoms with E-state index in [-0.39, 0.29) is 24.8 Å². The molecule has 0 amide bonds. The SMILES string of the molecule is CCOC(=O)CC1(CC(=O)OCC)c2cc(C)ccc2-c2ccc(N)cc21. The van der Waals surface area contributed by atoms with Crippen molar-refractivity contribution in [3.63, 3.8) is 0 Å². The highest BCUT2D eigenvalue weighted by atomic mass is 16.5. The lowest BCUT2D eigenvalue weighted by Gasteiger charge is -2.30. The van der Waals surface area contributed by atoms with Crippen LogP contribution < -0.4 is 5.73 Å². The van der Waals surface area contributed by atoms with Crippen molar-refractivity contribution in [1.82, 2.24) is 0 Å². The minimum absolute atomic E-state index is 0.0621. The molecule has 27 heavy (non-hydrogen) atoms. The largest absolute Gasteiger partial charge is 0.466 e. The fourth-order valence-corrected chi connectivity index (χ4v) is 3.99. The Bertz CT molecular complexity index is 814. The third-order valence-electron chi connectivity index (χ3n) is 5.04. The van der Waals surface area contributed by atoms with Crippen LogP contribution in [0.2, 0.25) is 0 Å². The number of fused-ring (bicyclic) bond motifs is 3. The van der Waals surface area contributed by atoms with Crippen LogP contribution in [0.4, 0.5) is 5.69 Å². The molecule has 0 saturated carbocycles. The van der Waals surface area contributed by atoms with Crippen LogP contribution in [-0.2, 0) is 24.5 Å². The molecule has 3 rings (SSSR count). The van der Waals surface area contributed by atoms with Crippen molar-refractivity contribution >= 4 is 17.6 Å². The second-order valence-electron chi connectivity index (χ2n) is 6.90. The number of aryl methyl sites for hydroxylation is 1. The Balaban J connectivity index is 2.23. The molecule has 0 aliphatic heterocycles. The van der Waals surface area contributed by atoms with E-state index in [9.17, 15) is 9.59 Å². The van der Waals surface area contributed by atoms with Gasteiger partial charge in [-0.15, -0.1) is 0 Å². The van der Waals surface area contributed by atoms with E-state index >= 15 is 0 Å². The van der Waals surface area contributed by atoms with Crippen LogP contribution in [0.25, 0.3) is 11.1 Å². The summed E-state index contributed by atoms with van der Waals surface area (Å²) in [6, 6.07) is 11.8. The van der Waals surface area contributed by atoms with E-state index in [0.717, 1.165) is 27.8 Å². The average Bonchev–Trinajstić information content (AvgIpc) is 2.84. The molecule has 0 heterocycles. The van der Waals surface area contributed by atoms with Crippen LogP contribution in [0.15, 0.2) is 36.4 Å². The second-order valence-corrected chi connectivity index (χ2v) is 6.90. The molecular formula is C22H25NO4. The van der Waals surface area contributed by atoms with Gasteiger partial charge in [0, 0.05) is 11.1 Å². The minimum atomic E-state index is -0.843. The van der Waals surface area contributed by atoms with E-state index in [2.05, 4.69) is 0 Å². The van der Waals surface area contributed by atoms with Crippen molar-refractivity contribution in [3.8, 4) is 11.1 Å². The maximum Gasteiger partial charge on any atom is 0.307 e. The Morgan fingerprint density at radius 3 is 1.96 bits per heavy atom. The van der Waals surface area contributed by atoms with Gasteiger partial charge in [0.25, 0.3) is 0 Å². The van der Waals surface area contributed by atoms with Crippen molar-refractivity contribution in [2.75, 3.05) is 18.9 Å². The number of nitrogen functional groups attached to an aromatic ring is 1. The fourth-order valence-electron chi connectivity index (χ4n) is 3.99. The first-order chi connectivity index (χ1) is 12.9. The zero-order chi connectivity index (χ0) is 19.6. The van der Waals surface area contributed by atoms with Crippen LogP contribution in [0.3, 0.4) is 0 Å². The number of carbonyl (C=O) groups excluding carboxylic acids is 2. The Morgan fingerprint density at radius 2 is 1.41 bits per heavy atom. The smallest absolute Gasteiger partial charge is 0.307 e. The lowest BCUT2D eigenvalue weighted by molar-refractivity contribution is -0.147. The van der Waals surface area contributed by atoms with Crippen LogP contribution in [-0.4, -0.2) is 25.2 Å². The number of esters is 2. The van der Waals surface area contributed by atoms with Gasteiger partial charge in [0.05, 0.1) is 26.1 Å². The zero-order valence-corrected chi connectivity index (χ0v) is 16.0. The zero-order valence-electron chi connectivity index (χ0n) is 16.0. The van der Waals surface area contributed by atoms with Crippen molar-refractivity contribution < 1.29 is 19.1 Å². The highest BCUT2D eigenvalue weighted by molar-refractivity contribution is 5.89. The van der Waals surface area contributed by atoms with Gasteiger partial charge in [-0.2, -0.15) is 0 Å². The highest BCUT2D eigenvalue weighted by Crippen LogP contribution is 2.53. The van der Waals surface area contributed by atoms with Gasteiger partial charge >= 0.3 is 11.9 Å². The molecule has 0 aromatic heterocycles. The van der Waals surface area contributed by atoms with Crippen LogP contribution in [0.5, 0.6) is 0 Å². The molecule has 142 valence electrons. The minimum Gasteiger partial charge on any atom is -0.466 e. The summed E-state index contributed by atoms with van der Waals surface area (Å²) in [6.45, 7) is 6.12. The molecule has 1 aliphatic carbocycles. The maximum absolute atomic E-state index is 12.5. The molecule has 2 aromatic rings. The number of hydrogen-bond acceptors (Lipinski definition) is 5. The quantitative estimate of drug-likeness (QED) is 0.621. The second kappa shape index (κ2) is 7.43. The molecule has 0 spiro atoms. The molecule has 2 N–H and O–H groups in total. The topological polar surface area (TPSA) is 78.6 Å². The highest BCUT2D eigenvalue weighted by Gasteiger charge is 2.47. The normalized spacial score (nSPS) is 13.6. The Hall–Kier alpha value is -2.82. The molecule has 0 bridgehead atoms. The number of benzene rings is 2.